The zero-order chi connectivity index (χ0) is 13.0. The highest BCUT2D eigenvalue weighted by molar-refractivity contribution is 7.99. The number of nitrogens with zero attached hydrogens (tertiary/aromatic N) is 1. The van der Waals surface area contributed by atoms with Crippen molar-refractivity contribution in [2.45, 2.75) is 38.8 Å². The number of rotatable bonds is 5. The molecule has 0 aromatic carbocycles. The Morgan fingerprint density at radius 2 is 2.39 bits per heavy atom. The van der Waals surface area contributed by atoms with Crippen molar-refractivity contribution >= 4 is 23.1 Å². The van der Waals surface area contributed by atoms with Gasteiger partial charge in [-0.3, -0.25) is 0 Å². The van der Waals surface area contributed by atoms with Crippen molar-refractivity contribution in [2.75, 3.05) is 24.7 Å². The Morgan fingerprint density at radius 3 is 3.00 bits per heavy atom. The summed E-state index contributed by atoms with van der Waals surface area (Å²) >= 11 is 3.73. The molecule has 0 radical (unpaired) electrons. The van der Waals surface area contributed by atoms with E-state index in [-0.39, 0.29) is 5.60 Å². The zero-order valence-electron chi connectivity index (χ0n) is 11.4. The van der Waals surface area contributed by atoms with E-state index in [0.717, 1.165) is 30.3 Å². The monoisotopic (exact) mass is 286 g/mol. The maximum atomic E-state index is 5.89. The molecule has 102 valence electrons. The van der Waals surface area contributed by atoms with E-state index in [9.17, 15) is 0 Å². The van der Waals surface area contributed by atoms with Crippen LogP contribution in [-0.2, 0) is 10.3 Å². The van der Waals surface area contributed by atoms with Crippen molar-refractivity contribution in [1.82, 2.24) is 10.3 Å². The van der Waals surface area contributed by atoms with Gasteiger partial charge in [0.25, 0.3) is 0 Å². The van der Waals surface area contributed by atoms with Gasteiger partial charge in [-0.15, -0.1) is 11.3 Å². The minimum absolute atomic E-state index is 0.223. The Bertz CT molecular complexity index is 377. The van der Waals surface area contributed by atoms with Crippen LogP contribution in [0.5, 0.6) is 0 Å². The predicted molar refractivity (Wildman–Crippen MR) is 79.5 cm³/mol. The van der Waals surface area contributed by atoms with Crippen LogP contribution in [0.15, 0.2) is 5.38 Å². The first-order valence-corrected chi connectivity index (χ1v) is 8.64. The van der Waals surface area contributed by atoms with Crippen LogP contribution >= 0.6 is 23.1 Å². The van der Waals surface area contributed by atoms with Crippen LogP contribution in [0.4, 0.5) is 0 Å². The molecule has 2 rings (SSSR count). The third-order valence-corrected chi connectivity index (χ3v) is 5.56. The highest BCUT2D eigenvalue weighted by atomic mass is 32.2. The fourth-order valence-corrected chi connectivity index (χ4v) is 4.09. The molecule has 5 heteroatoms. The zero-order valence-corrected chi connectivity index (χ0v) is 13.0. The summed E-state index contributed by atoms with van der Waals surface area (Å²) in [7, 11) is 0. The molecule has 0 amide bonds. The lowest BCUT2D eigenvalue weighted by Gasteiger charge is -2.26. The second kappa shape index (κ2) is 6.37. The number of thioether (sulfide) groups is 1. The van der Waals surface area contributed by atoms with E-state index < -0.39 is 0 Å². The molecule has 1 aromatic rings. The molecule has 1 fully saturated rings. The molecule has 1 aliphatic rings. The molecule has 0 aliphatic carbocycles. The molecule has 0 bridgehead atoms. The first-order chi connectivity index (χ1) is 8.69. The summed E-state index contributed by atoms with van der Waals surface area (Å²) in [4.78, 5) is 4.81. The van der Waals surface area contributed by atoms with Gasteiger partial charge in [0.05, 0.1) is 11.7 Å². The first kappa shape index (κ1) is 14.3. The summed E-state index contributed by atoms with van der Waals surface area (Å²) in [6.45, 7) is 8.16. The molecule has 1 aromatic heterocycles. The molecule has 2 atom stereocenters. The lowest BCUT2D eigenvalue weighted by molar-refractivity contribution is -0.0325. The second-order valence-electron chi connectivity index (χ2n) is 4.68. The van der Waals surface area contributed by atoms with E-state index >= 15 is 0 Å². The smallest absolute Gasteiger partial charge is 0.125 e. The highest BCUT2D eigenvalue weighted by Gasteiger charge is 2.29. The Morgan fingerprint density at radius 1 is 1.56 bits per heavy atom. The average Bonchev–Trinajstić information content (AvgIpc) is 2.90. The maximum Gasteiger partial charge on any atom is 0.125 e. The van der Waals surface area contributed by atoms with E-state index in [1.807, 2.05) is 18.7 Å². The summed E-state index contributed by atoms with van der Waals surface area (Å²) in [5.41, 5.74) is 0.959. The first-order valence-electron chi connectivity index (χ1n) is 6.60. The van der Waals surface area contributed by atoms with Gasteiger partial charge in [0.2, 0.25) is 0 Å². The van der Waals surface area contributed by atoms with Crippen molar-refractivity contribution in [3.8, 4) is 0 Å². The molecule has 1 saturated heterocycles. The topological polar surface area (TPSA) is 34.1 Å². The molecule has 1 N–H and O–H groups in total. The van der Waals surface area contributed by atoms with E-state index in [4.69, 9.17) is 9.72 Å². The number of thiazole rings is 1. The number of ether oxygens (including phenoxy) is 1. The Kier molecular flexibility index (Phi) is 5.06. The van der Waals surface area contributed by atoms with Crippen molar-refractivity contribution < 1.29 is 4.74 Å². The van der Waals surface area contributed by atoms with Gasteiger partial charge >= 0.3 is 0 Å². The number of hydrogen-bond donors (Lipinski definition) is 1. The second-order valence-corrected chi connectivity index (χ2v) is 6.68. The van der Waals surface area contributed by atoms with Crippen molar-refractivity contribution in [3.63, 3.8) is 0 Å². The third kappa shape index (κ3) is 3.07. The van der Waals surface area contributed by atoms with Gasteiger partial charge in [0.15, 0.2) is 0 Å². The van der Waals surface area contributed by atoms with E-state index in [2.05, 4.69) is 24.5 Å². The van der Waals surface area contributed by atoms with E-state index in [0.29, 0.717) is 6.04 Å². The minimum Gasteiger partial charge on any atom is -0.368 e. The van der Waals surface area contributed by atoms with Crippen LogP contribution in [0.25, 0.3) is 0 Å². The standard InChI is InChI=1S/C13H22N2OS2/c1-4-13(3,16-5-2)12-15-11(9-18-12)10-8-17-7-6-14-10/h9-10,14H,4-8H2,1-3H3. The molecule has 2 heterocycles. The number of nitrogens with one attached hydrogen (secondary N) is 1. The van der Waals surface area contributed by atoms with E-state index in [1.54, 1.807) is 11.3 Å². The molecule has 2 unspecified atom stereocenters. The van der Waals surface area contributed by atoms with Crippen LogP contribution in [0, 0.1) is 0 Å². The average molecular weight is 286 g/mol. The molecule has 3 nitrogen and oxygen atoms in total. The number of aromatic nitrogens is 1. The third-order valence-electron chi connectivity index (χ3n) is 3.39. The Hall–Kier alpha value is -0.100. The van der Waals surface area contributed by atoms with Gasteiger partial charge in [0, 0.05) is 30.0 Å². The maximum absolute atomic E-state index is 5.89. The molecule has 1 aliphatic heterocycles. The van der Waals surface area contributed by atoms with E-state index in [1.165, 1.54) is 11.4 Å². The minimum atomic E-state index is -0.223. The quantitative estimate of drug-likeness (QED) is 0.901. The predicted octanol–water partition coefficient (Wildman–Crippen LogP) is 3.18. The van der Waals surface area contributed by atoms with Gasteiger partial charge in [0.1, 0.15) is 10.6 Å². The number of hydrogen-bond acceptors (Lipinski definition) is 5. The normalized spacial score (nSPS) is 23.8. The fraction of sp³-hybridized carbons (Fsp3) is 0.769. The van der Waals surface area contributed by atoms with Crippen LogP contribution < -0.4 is 5.32 Å². The summed E-state index contributed by atoms with van der Waals surface area (Å²) in [5, 5.41) is 6.83. The van der Waals surface area contributed by atoms with Crippen molar-refractivity contribution in [3.05, 3.63) is 16.1 Å². The largest absolute Gasteiger partial charge is 0.368 e. The lowest BCUT2D eigenvalue weighted by Crippen LogP contribution is -2.31. The molecule has 18 heavy (non-hydrogen) atoms. The van der Waals surface area contributed by atoms with Gasteiger partial charge in [-0.05, 0) is 20.3 Å². The van der Waals surface area contributed by atoms with Crippen LogP contribution in [0.1, 0.15) is 43.9 Å². The van der Waals surface area contributed by atoms with Crippen molar-refractivity contribution in [1.29, 1.82) is 0 Å². The van der Waals surface area contributed by atoms with Gasteiger partial charge in [-0.2, -0.15) is 11.8 Å². The summed E-state index contributed by atoms with van der Waals surface area (Å²) in [5.74, 6) is 2.33. The highest BCUT2D eigenvalue weighted by Crippen LogP contribution is 2.33. The van der Waals surface area contributed by atoms with Gasteiger partial charge in [-0.25, -0.2) is 4.98 Å². The Labute approximate surface area is 118 Å². The van der Waals surface area contributed by atoms with Crippen LogP contribution in [-0.4, -0.2) is 29.6 Å². The van der Waals surface area contributed by atoms with Gasteiger partial charge < -0.3 is 10.1 Å². The summed E-state index contributed by atoms with van der Waals surface area (Å²) in [6, 6.07) is 0.413. The lowest BCUT2D eigenvalue weighted by atomic mass is 10.0. The summed E-state index contributed by atoms with van der Waals surface area (Å²) < 4.78 is 5.89. The SMILES string of the molecule is CCOC(C)(CC)c1nc(C2CSCCN2)cs1. The van der Waals surface area contributed by atoms with Crippen LogP contribution in [0.3, 0.4) is 0 Å². The van der Waals surface area contributed by atoms with Crippen molar-refractivity contribution in [2.24, 2.45) is 0 Å². The molecular weight excluding hydrogens is 264 g/mol. The summed E-state index contributed by atoms with van der Waals surface area (Å²) in [6.07, 6.45) is 0.959. The van der Waals surface area contributed by atoms with Crippen LogP contribution in [0.2, 0.25) is 0 Å². The molecule has 0 saturated carbocycles. The Balaban J connectivity index is 2.13. The van der Waals surface area contributed by atoms with Gasteiger partial charge in [-0.1, -0.05) is 6.92 Å². The fourth-order valence-electron chi connectivity index (χ4n) is 2.08. The molecular formula is C13H22N2OS2. The molecule has 0 spiro atoms.